The summed E-state index contributed by atoms with van der Waals surface area (Å²) in [5.74, 6) is -1.07. The van der Waals surface area contributed by atoms with E-state index in [2.05, 4.69) is 93.7 Å². The van der Waals surface area contributed by atoms with Crippen molar-refractivity contribution in [2.75, 3.05) is 13.2 Å². The highest BCUT2D eigenvalue weighted by atomic mass is 16.6. The number of hydrogen-bond acceptors (Lipinski definition) is 6. The molecule has 0 bridgehead atoms. The second-order valence-electron chi connectivity index (χ2n) is 17.6. The first-order valence-corrected chi connectivity index (χ1v) is 27.6. The first kappa shape index (κ1) is 65.0. The van der Waals surface area contributed by atoms with E-state index in [-0.39, 0.29) is 50.4 Å². The SMILES string of the molecule is CC\C=C/C=C\C=C/C=C\C=C\C=C/C=C\CCCCCC(=O)OCC(COC(=O)CC/C=C\C/C=C\C/C=C\C/C=C\C/C=C\CC)OC(=O)CCCCCCCCC/C=C\CCCCCCCC. The van der Waals surface area contributed by atoms with E-state index in [0.717, 1.165) is 77.0 Å². The Kier molecular flexibility index (Phi) is 52.6. The number of ether oxygens (including phenoxy) is 3. The zero-order valence-electron chi connectivity index (χ0n) is 44.5. The van der Waals surface area contributed by atoms with Crippen molar-refractivity contribution in [3.8, 4) is 0 Å². The summed E-state index contributed by atoms with van der Waals surface area (Å²) in [5, 5.41) is 0. The zero-order valence-corrected chi connectivity index (χ0v) is 44.5. The Morgan fingerprint density at radius 1 is 0.314 bits per heavy atom. The predicted octanol–water partition coefficient (Wildman–Crippen LogP) is 18.6. The van der Waals surface area contributed by atoms with Gasteiger partial charge in [-0.15, -0.1) is 0 Å². The lowest BCUT2D eigenvalue weighted by Crippen LogP contribution is -2.30. The van der Waals surface area contributed by atoms with Crippen LogP contribution < -0.4 is 0 Å². The standard InChI is InChI=1S/C64H98O6/c1-4-7-10-13-16-19-22-25-28-31-32-34-36-39-42-45-48-51-54-57-63(66)69-60-61(59-68-62(65)56-53-50-47-44-41-38-35-30-27-24-21-18-15-12-9-6-3)70-64(67)58-55-52-49-46-43-40-37-33-29-26-23-20-17-14-11-8-5-2/h7,9-10,12-13,16,18-19,21-22,25-32,34,36,38-39,41-42,47,50,61H,4-6,8,11,14-15,17,20,23-24,33,35,37,40,43-46,48-49,51-60H2,1-3H3/b10-7-,12-9-,16-13-,21-18-,22-19-,28-25-,29-26-,30-27-,32-31+,36-34-,41-38-,42-39-,50-47-. The van der Waals surface area contributed by atoms with Crippen molar-refractivity contribution in [2.45, 2.75) is 213 Å². The third-order valence-electron chi connectivity index (χ3n) is 11.0. The Morgan fingerprint density at radius 2 is 0.657 bits per heavy atom. The van der Waals surface area contributed by atoms with E-state index in [1.54, 1.807) is 0 Å². The van der Waals surface area contributed by atoms with E-state index in [1.807, 2.05) is 85.1 Å². The minimum absolute atomic E-state index is 0.134. The number of esters is 3. The van der Waals surface area contributed by atoms with E-state index >= 15 is 0 Å². The van der Waals surface area contributed by atoms with Crippen molar-refractivity contribution in [3.63, 3.8) is 0 Å². The molecule has 0 aliphatic heterocycles. The summed E-state index contributed by atoms with van der Waals surface area (Å²) in [6.45, 7) is 6.25. The molecule has 6 nitrogen and oxygen atoms in total. The molecule has 0 aromatic heterocycles. The fraction of sp³-hybridized carbons (Fsp3) is 0.547. The third-order valence-corrected chi connectivity index (χ3v) is 11.0. The molecular weight excluding hydrogens is 865 g/mol. The first-order chi connectivity index (χ1) is 34.5. The first-order valence-electron chi connectivity index (χ1n) is 27.6. The van der Waals surface area contributed by atoms with Crippen molar-refractivity contribution < 1.29 is 28.6 Å². The van der Waals surface area contributed by atoms with Gasteiger partial charge in [0.15, 0.2) is 6.10 Å². The number of allylic oxidation sites excluding steroid dienone is 26. The molecule has 0 aliphatic carbocycles. The number of rotatable bonds is 47. The van der Waals surface area contributed by atoms with E-state index in [4.69, 9.17) is 14.2 Å². The highest BCUT2D eigenvalue weighted by Gasteiger charge is 2.19. The van der Waals surface area contributed by atoms with Crippen LogP contribution in [0.5, 0.6) is 0 Å². The van der Waals surface area contributed by atoms with Crippen molar-refractivity contribution in [3.05, 3.63) is 158 Å². The quantitative estimate of drug-likeness (QED) is 0.0199. The Bertz CT molecular complexity index is 1620. The molecule has 0 saturated carbocycles. The van der Waals surface area contributed by atoms with Gasteiger partial charge in [-0.05, 0) is 96.3 Å². The van der Waals surface area contributed by atoms with E-state index in [0.29, 0.717) is 12.8 Å². The fourth-order valence-electron chi connectivity index (χ4n) is 6.88. The molecular formula is C64H98O6. The third kappa shape index (κ3) is 54.0. The van der Waals surface area contributed by atoms with Crippen molar-refractivity contribution in [1.29, 1.82) is 0 Å². The fourth-order valence-corrected chi connectivity index (χ4v) is 6.88. The topological polar surface area (TPSA) is 78.9 Å². The summed E-state index contributed by atoms with van der Waals surface area (Å²) >= 11 is 0. The summed E-state index contributed by atoms with van der Waals surface area (Å²) in [4.78, 5) is 38.1. The second-order valence-corrected chi connectivity index (χ2v) is 17.6. The molecule has 0 fully saturated rings. The monoisotopic (exact) mass is 963 g/mol. The van der Waals surface area contributed by atoms with Crippen LogP contribution in [-0.2, 0) is 28.6 Å². The molecule has 1 atom stereocenters. The molecule has 70 heavy (non-hydrogen) atoms. The number of unbranched alkanes of at least 4 members (excludes halogenated alkanes) is 16. The molecule has 0 aliphatic rings. The molecule has 0 amide bonds. The Morgan fingerprint density at radius 3 is 1.14 bits per heavy atom. The summed E-state index contributed by atoms with van der Waals surface area (Å²) in [6, 6.07) is 0. The van der Waals surface area contributed by atoms with Crippen LogP contribution in [0, 0.1) is 0 Å². The molecule has 0 spiro atoms. The van der Waals surface area contributed by atoms with Gasteiger partial charge in [0, 0.05) is 19.3 Å². The van der Waals surface area contributed by atoms with E-state index < -0.39 is 6.10 Å². The highest BCUT2D eigenvalue weighted by Crippen LogP contribution is 2.13. The number of carbonyl (C=O) groups excluding carboxylic acids is 3. The van der Waals surface area contributed by atoms with Crippen LogP contribution in [0.25, 0.3) is 0 Å². The lowest BCUT2D eigenvalue weighted by Gasteiger charge is -2.18. The summed E-state index contributed by atoms with van der Waals surface area (Å²) < 4.78 is 16.7. The lowest BCUT2D eigenvalue weighted by molar-refractivity contribution is -0.166. The van der Waals surface area contributed by atoms with Crippen LogP contribution in [-0.4, -0.2) is 37.2 Å². The van der Waals surface area contributed by atoms with Crippen LogP contribution in [0.15, 0.2) is 158 Å². The van der Waals surface area contributed by atoms with Crippen molar-refractivity contribution >= 4 is 17.9 Å². The summed E-state index contributed by atoms with van der Waals surface area (Å²) in [7, 11) is 0. The van der Waals surface area contributed by atoms with Gasteiger partial charge in [-0.2, -0.15) is 0 Å². The van der Waals surface area contributed by atoms with Gasteiger partial charge in [0.25, 0.3) is 0 Å². The smallest absolute Gasteiger partial charge is 0.306 e. The number of hydrogen-bond donors (Lipinski definition) is 0. The molecule has 0 aromatic rings. The minimum Gasteiger partial charge on any atom is -0.462 e. The van der Waals surface area contributed by atoms with Crippen LogP contribution in [0.1, 0.15) is 207 Å². The molecule has 0 rings (SSSR count). The summed E-state index contributed by atoms with van der Waals surface area (Å²) in [6.07, 6.45) is 82.3. The largest absolute Gasteiger partial charge is 0.462 e. The van der Waals surface area contributed by atoms with Gasteiger partial charge in [0.2, 0.25) is 0 Å². The maximum absolute atomic E-state index is 12.8. The van der Waals surface area contributed by atoms with Crippen LogP contribution in [0.3, 0.4) is 0 Å². The molecule has 0 heterocycles. The predicted molar refractivity (Wildman–Crippen MR) is 302 cm³/mol. The van der Waals surface area contributed by atoms with Crippen LogP contribution in [0.4, 0.5) is 0 Å². The van der Waals surface area contributed by atoms with Crippen molar-refractivity contribution in [1.82, 2.24) is 0 Å². The second kappa shape index (κ2) is 56.6. The molecule has 0 radical (unpaired) electrons. The lowest BCUT2D eigenvalue weighted by atomic mass is 10.1. The maximum atomic E-state index is 12.8. The molecule has 0 saturated heterocycles. The highest BCUT2D eigenvalue weighted by molar-refractivity contribution is 5.71. The normalized spacial score (nSPS) is 13.4. The molecule has 0 N–H and O–H groups in total. The molecule has 1 unspecified atom stereocenters. The van der Waals surface area contributed by atoms with Gasteiger partial charge in [0.05, 0.1) is 0 Å². The van der Waals surface area contributed by atoms with Gasteiger partial charge in [-0.1, -0.05) is 249 Å². The molecule has 0 aromatic carbocycles. The van der Waals surface area contributed by atoms with Gasteiger partial charge in [-0.3, -0.25) is 14.4 Å². The minimum atomic E-state index is -0.838. The Hall–Kier alpha value is -4.97. The van der Waals surface area contributed by atoms with Crippen LogP contribution >= 0.6 is 0 Å². The maximum Gasteiger partial charge on any atom is 0.306 e. The Balaban J connectivity index is 4.63. The van der Waals surface area contributed by atoms with E-state index in [1.165, 1.54) is 77.0 Å². The van der Waals surface area contributed by atoms with Gasteiger partial charge >= 0.3 is 17.9 Å². The van der Waals surface area contributed by atoms with Gasteiger partial charge < -0.3 is 14.2 Å². The van der Waals surface area contributed by atoms with Crippen LogP contribution in [0.2, 0.25) is 0 Å². The van der Waals surface area contributed by atoms with Crippen molar-refractivity contribution in [2.24, 2.45) is 0 Å². The molecule has 390 valence electrons. The van der Waals surface area contributed by atoms with Gasteiger partial charge in [0.1, 0.15) is 13.2 Å². The van der Waals surface area contributed by atoms with Gasteiger partial charge in [-0.25, -0.2) is 0 Å². The van der Waals surface area contributed by atoms with E-state index in [9.17, 15) is 14.4 Å². The summed E-state index contributed by atoms with van der Waals surface area (Å²) in [5.41, 5.74) is 0. The molecule has 6 heteroatoms. The average molecular weight is 963 g/mol. The average Bonchev–Trinajstić information content (AvgIpc) is 3.36. The zero-order chi connectivity index (χ0) is 50.7. The Labute approximate surface area is 429 Å². The number of carbonyl (C=O) groups is 3.